The molecule has 4 heteroatoms. The molecule has 0 radical (unpaired) electrons. The number of likely N-dealkylation sites (tertiary alicyclic amines) is 1. The molecule has 2 amide bonds. The summed E-state index contributed by atoms with van der Waals surface area (Å²) < 4.78 is 0. The lowest BCUT2D eigenvalue weighted by Gasteiger charge is -2.19. The number of hydrogen-bond donors (Lipinski definition) is 1. The number of amides is 2. The molecule has 1 saturated heterocycles. The summed E-state index contributed by atoms with van der Waals surface area (Å²) in [6.45, 7) is 4.50. The minimum Gasteiger partial charge on any atom is -0.299 e. The second kappa shape index (κ2) is 5.97. The van der Waals surface area contributed by atoms with Crippen molar-refractivity contribution in [1.82, 2.24) is 10.2 Å². The van der Waals surface area contributed by atoms with Crippen molar-refractivity contribution >= 4 is 11.8 Å². The molecule has 1 aliphatic heterocycles. The van der Waals surface area contributed by atoms with Gasteiger partial charge in [-0.1, -0.05) is 37.3 Å². The minimum absolute atomic E-state index is 0.0597. The molecule has 0 aromatic heterocycles. The Hall–Kier alpha value is -1.68. The molecule has 4 nitrogen and oxygen atoms in total. The van der Waals surface area contributed by atoms with Crippen LogP contribution in [0.2, 0.25) is 0 Å². The Balaban J connectivity index is 2.01. The third kappa shape index (κ3) is 3.01. The van der Waals surface area contributed by atoms with E-state index in [4.69, 9.17) is 0 Å². The molecule has 1 fully saturated rings. The average molecular weight is 260 g/mol. The van der Waals surface area contributed by atoms with Crippen molar-refractivity contribution in [2.45, 2.75) is 38.8 Å². The van der Waals surface area contributed by atoms with Gasteiger partial charge in [0.05, 0.1) is 12.5 Å². The van der Waals surface area contributed by atoms with E-state index >= 15 is 0 Å². The highest BCUT2D eigenvalue weighted by molar-refractivity contribution is 6.05. The highest BCUT2D eigenvalue weighted by atomic mass is 16.2. The number of carbonyl (C=O) groups excluding carboxylic acids is 2. The first kappa shape index (κ1) is 13.7. The first-order chi connectivity index (χ1) is 9.13. The fraction of sp³-hybridized carbons (Fsp3) is 0.467. The standard InChI is InChI=1S/C15H20N2O2/c1-3-9-17-14(18)10-13(15(17)19)16-11(2)12-7-5-4-6-8-12/h4-8,11,13,16H,3,9-10H2,1-2H3. The van der Waals surface area contributed by atoms with Crippen LogP contribution >= 0.6 is 0 Å². The third-order valence-electron chi connectivity index (χ3n) is 3.44. The summed E-state index contributed by atoms with van der Waals surface area (Å²) >= 11 is 0. The van der Waals surface area contributed by atoms with Crippen LogP contribution < -0.4 is 5.32 Å². The Morgan fingerprint density at radius 3 is 2.63 bits per heavy atom. The van der Waals surface area contributed by atoms with Gasteiger partial charge in [0.2, 0.25) is 11.8 Å². The summed E-state index contributed by atoms with van der Waals surface area (Å²) in [6, 6.07) is 9.62. The van der Waals surface area contributed by atoms with E-state index in [9.17, 15) is 9.59 Å². The molecule has 1 N–H and O–H groups in total. The van der Waals surface area contributed by atoms with Crippen LogP contribution in [0.5, 0.6) is 0 Å². The molecule has 19 heavy (non-hydrogen) atoms. The highest BCUT2D eigenvalue weighted by Crippen LogP contribution is 2.18. The monoisotopic (exact) mass is 260 g/mol. The van der Waals surface area contributed by atoms with Crippen LogP contribution in [-0.4, -0.2) is 29.3 Å². The molecular formula is C15H20N2O2. The Labute approximate surface area is 113 Å². The maximum absolute atomic E-state index is 12.1. The number of benzene rings is 1. The third-order valence-corrected chi connectivity index (χ3v) is 3.44. The fourth-order valence-electron chi connectivity index (χ4n) is 2.41. The first-order valence-electron chi connectivity index (χ1n) is 6.78. The van der Waals surface area contributed by atoms with E-state index in [1.807, 2.05) is 44.2 Å². The average Bonchev–Trinajstić information content (AvgIpc) is 2.68. The number of nitrogens with zero attached hydrogens (tertiary/aromatic N) is 1. The van der Waals surface area contributed by atoms with Gasteiger partial charge in [-0.15, -0.1) is 0 Å². The van der Waals surface area contributed by atoms with Crippen molar-refractivity contribution in [2.75, 3.05) is 6.54 Å². The highest BCUT2D eigenvalue weighted by Gasteiger charge is 2.38. The van der Waals surface area contributed by atoms with Crippen LogP contribution in [0.15, 0.2) is 30.3 Å². The van der Waals surface area contributed by atoms with E-state index in [0.29, 0.717) is 6.54 Å². The molecule has 0 bridgehead atoms. The molecule has 2 rings (SSSR count). The zero-order chi connectivity index (χ0) is 13.8. The van der Waals surface area contributed by atoms with E-state index in [-0.39, 0.29) is 30.3 Å². The van der Waals surface area contributed by atoms with Crippen LogP contribution in [0.25, 0.3) is 0 Å². The van der Waals surface area contributed by atoms with Crippen molar-refractivity contribution in [3.63, 3.8) is 0 Å². The van der Waals surface area contributed by atoms with Crippen molar-refractivity contribution in [2.24, 2.45) is 0 Å². The van der Waals surface area contributed by atoms with Crippen molar-refractivity contribution in [3.05, 3.63) is 35.9 Å². The van der Waals surface area contributed by atoms with Gasteiger partial charge >= 0.3 is 0 Å². The van der Waals surface area contributed by atoms with Crippen LogP contribution in [0.4, 0.5) is 0 Å². The molecule has 2 unspecified atom stereocenters. The molecule has 1 aromatic carbocycles. The normalized spacial score (nSPS) is 20.9. The predicted octanol–water partition coefficient (Wildman–Crippen LogP) is 1.87. The molecule has 1 heterocycles. The van der Waals surface area contributed by atoms with Gasteiger partial charge in [-0.2, -0.15) is 0 Å². The summed E-state index contributed by atoms with van der Waals surface area (Å²) in [6.07, 6.45) is 1.08. The lowest BCUT2D eigenvalue weighted by atomic mass is 10.1. The summed E-state index contributed by atoms with van der Waals surface area (Å²) in [7, 11) is 0. The molecule has 2 atom stereocenters. The molecule has 0 aliphatic carbocycles. The van der Waals surface area contributed by atoms with Crippen LogP contribution in [0.3, 0.4) is 0 Å². The Morgan fingerprint density at radius 2 is 2.00 bits per heavy atom. The van der Waals surface area contributed by atoms with Gasteiger partial charge in [-0.25, -0.2) is 0 Å². The summed E-state index contributed by atoms with van der Waals surface area (Å²) in [5, 5.41) is 3.25. The maximum atomic E-state index is 12.1. The molecule has 1 aliphatic rings. The van der Waals surface area contributed by atoms with Crippen LogP contribution in [-0.2, 0) is 9.59 Å². The van der Waals surface area contributed by atoms with Crippen molar-refractivity contribution in [1.29, 1.82) is 0 Å². The Morgan fingerprint density at radius 1 is 1.32 bits per heavy atom. The predicted molar refractivity (Wildman–Crippen MR) is 73.4 cm³/mol. The van der Waals surface area contributed by atoms with Gasteiger partial charge in [0.15, 0.2) is 0 Å². The van der Waals surface area contributed by atoms with Gasteiger partial charge < -0.3 is 0 Å². The maximum Gasteiger partial charge on any atom is 0.246 e. The van der Waals surface area contributed by atoms with E-state index in [1.165, 1.54) is 4.90 Å². The largest absolute Gasteiger partial charge is 0.299 e. The van der Waals surface area contributed by atoms with Crippen LogP contribution in [0.1, 0.15) is 38.3 Å². The number of imide groups is 1. The number of rotatable bonds is 5. The van der Waals surface area contributed by atoms with E-state index in [2.05, 4.69) is 5.32 Å². The first-order valence-corrected chi connectivity index (χ1v) is 6.78. The molecule has 0 saturated carbocycles. The summed E-state index contributed by atoms with van der Waals surface area (Å²) in [4.78, 5) is 25.3. The lowest BCUT2D eigenvalue weighted by Crippen LogP contribution is -2.40. The quantitative estimate of drug-likeness (QED) is 0.822. The molecular weight excluding hydrogens is 240 g/mol. The van der Waals surface area contributed by atoms with Crippen molar-refractivity contribution < 1.29 is 9.59 Å². The lowest BCUT2D eigenvalue weighted by molar-refractivity contribution is -0.138. The molecule has 1 aromatic rings. The smallest absolute Gasteiger partial charge is 0.246 e. The summed E-state index contributed by atoms with van der Waals surface area (Å²) in [5.74, 6) is -0.153. The van der Waals surface area contributed by atoms with Gasteiger partial charge in [0, 0.05) is 12.6 Å². The SMILES string of the molecule is CCCN1C(=O)CC(NC(C)c2ccccc2)C1=O. The molecule has 0 spiro atoms. The minimum atomic E-state index is -0.380. The van der Waals surface area contributed by atoms with Crippen LogP contribution in [0, 0.1) is 0 Å². The van der Waals surface area contributed by atoms with Gasteiger partial charge in [0.1, 0.15) is 0 Å². The van der Waals surface area contributed by atoms with Crippen molar-refractivity contribution in [3.8, 4) is 0 Å². The van der Waals surface area contributed by atoms with Gasteiger partial charge in [-0.3, -0.25) is 19.8 Å². The number of nitrogens with one attached hydrogen (secondary N) is 1. The summed E-state index contributed by atoms with van der Waals surface area (Å²) in [5.41, 5.74) is 1.12. The number of hydrogen-bond acceptors (Lipinski definition) is 3. The second-order valence-electron chi connectivity index (χ2n) is 4.94. The second-order valence-corrected chi connectivity index (χ2v) is 4.94. The topological polar surface area (TPSA) is 49.4 Å². The van der Waals surface area contributed by atoms with Gasteiger partial charge in [-0.05, 0) is 18.9 Å². The molecule has 102 valence electrons. The number of carbonyl (C=O) groups is 2. The Kier molecular flexibility index (Phi) is 4.32. The van der Waals surface area contributed by atoms with Gasteiger partial charge in [0.25, 0.3) is 0 Å². The fourth-order valence-corrected chi connectivity index (χ4v) is 2.41. The van der Waals surface area contributed by atoms with E-state index in [1.54, 1.807) is 0 Å². The van der Waals surface area contributed by atoms with E-state index in [0.717, 1.165) is 12.0 Å². The van der Waals surface area contributed by atoms with E-state index < -0.39 is 0 Å². The Bertz CT molecular complexity index is 458. The zero-order valence-electron chi connectivity index (χ0n) is 11.4. The zero-order valence-corrected chi connectivity index (χ0v) is 11.4.